The van der Waals surface area contributed by atoms with E-state index in [9.17, 15) is 9.18 Å². The molecule has 21 heavy (non-hydrogen) atoms. The van der Waals surface area contributed by atoms with E-state index in [1.165, 1.54) is 17.4 Å². The van der Waals surface area contributed by atoms with Gasteiger partial charge in [-0.3, -0.25) is 0 Å². The summed E-state index contributed by atoms with van der Waals surface area (Å²) >= 11 is 4.46. The third kappa shape index (κ3) is 2.67. The molecule has 1 aromatic heterocycles. The van der Waals surface area contributed by atoms with Gasteiger partial charge in [0.1, 0.15) is 11.6 Å². The van der Waals surface area contributed by atoms with Gasteiger partial charge in [-0.05, 0) is 28.9 Å². The van der Waals surface area contributed by atoms with Gasteiger partial charge in [-0.2, -0.15) is 0 Å². The fourth-order valence-corrected chi connectivity index (χ4v) is 3.39. The molecule has 0 spiro atoms. The van der Waals surface area contributed by atoms with Crippen molar-refractivity contribution in [2.24, 2.45) is 0 Å². The Hall–Kier alpha value is -1.47. The fourth-order valence-electron chi connectivity index (χ4n) is 2.10. The zero-order chi connectivity index (χ0) is 15.0. The largest absolute Gasteiger partial charge is 0.492 e. The van der Waals surface area contributed by atoms with Crippen LogP contribution < -0.4 is 4.74 Å². The highest BCUT2D eigenvalue weighted by atomic mass is 79.9. The number of hydrogen-bond acceptors (Lipinski definition) is 5. The zero-order valence-electron chi connectivity index (χ0n) is 11.1. The summed E-state index contributed by atoms with van der Waals surface area (Å²) < 4.78 is 24.5. The summed E-state index contributed by atoms with van der Waals surface area (Å²) in [5, 5.41) is 0.315. The fraction of sp³-hybridized carbons (Fsp3) is 0.286. The molecule has 0 saturated carbocycles. The van der Waals surface area contributed by atoms with Crippen molar-refractivity contribution in [1.29, 1.82) is 0 Å². The van der Waals surface area contributed by atoms with Gasteiger partial charge in [-0.15, -0.1) is 11.3 Å². The van der Waals surface area contributed by atoms with Gasteiger partial charge in [0, 0.05) is 22.9 Å². The summed E-state index contributed by atoms with van der Waals surface area (Å²) in [6.45, 7) is 2.48. The van der Waals surface area contributed by atoms with Crippen LogP contribution in [0.5, 0.6) is 5.75 Å². The van der Waals surface area contributed by atoms with Crippen LogP contribution in [0.3, 0.4) is 0 Å². The van der Waals surface area contributed by atoms with E-state index in [1.54, 1.807) is 13.0 Å². The molecule has 3 rings (SSSR count). The average molecular weight is 372 g/mol. The molecule has 1 aliphatic heterocycles. The van der Waals surface area contributed by atoms with Crippen LogP contribution in [0.1, 0.15) is 21.6 Å². The molecule has 2 aromatic rings. The van der Waals surface area contributed by atoms with E-state index in [4.69, 9.17) is 9.47 Å². The van der Waals surface area contributed by atoms with Crippen LogP contribution in [-0.2, 0) is 11.2 Å². The average Bonchev–Trinajstić information content (AvgIpc) is 2.80. The Morgan fingerprint density at radius 1 is 1.57 bits per heavy atom. The second-order valence-corrected chi connectivity index (χ2v) is 6.31. The topological polar surface area (TPSA) is 48.4 Å². The second kappa shape index (κ2) is 5.73. The number of hydrogen-bond donors (Lipinski definition) is 0. The summed E-state index contributed by atoms with van der Waals surface area (Å²) in [5.74, 6) is -0.382. The van der Waals surface area contributed by atoms with Crippen LogP contribution in [0.4, 0.5) is 4.39 Å². The molecule has 0 atom stereocenters. The van der Waals surface area contributed by atoms with Gasteiger partial charge in [-0.25, -0.2) is 14.2 Å². The molecule has 0 amide bonds. The van der Waals surface area contributed by atoms with Crippen LogP contribution in [-0.4, -0.2) is 24.2 Å². The number of esters is 1. The quantitative estimate of drug-likeness (QED) is 0.752. The number of halogens is 2. The Labute approximate surface area is 133 Å². The minimum Gasteiger partial charge on any atom is -0.492 e. The highest BCUT2D eigenvalue weighted by Crippen LogP contribution is 2.40. The SMILES string of the molecule is CCOC(=O)c1nc2c(s1)CCOc1cc(F)c(Br)cc1-2. The number of fused-ring (bicyclic) bond motifs is 3. The molecule has 0 unspecified atom stereocenters. The summed E-state index contributed by atoms with van der Waals surface area (Å²) in [4.78, 5) is 17.1. The van der Waals surface area contributed by atoms with Gasteiger partial charge in [-0.1, -0.05) is 0 Å². The Morgan fingerprint density at radius 2 is 2.38 bits per heavy atom. The van der Waals surface area contributed by atoms with Crippen molar-refractivity contribution < 1.29 is 18.7 Å². The summed E-state index contributed by atoms with van der Waals surface area (Å²) in [6, 6.07) is 2.96. The smallest absolute Gasteiger partial charge is 0.367 e. The first kappa shape index (κ1) is 14.5. The van der Waals surface area contributed by atoms with Gasteiger partial charge < -0.3 is 9.47 Å². The summed E-state index contributed by atoms with van der Waals surface area (Å²) in [6.07, 6.45) is 0.625. The van der Waals surface area contributed by atoms with Crippen LogP contribution in [0, 0.1) is 5.82 Å². The normalized spacial score (nSPS) is 12.9. The van der Waals surface area contributed by atoms with Crippen molar-refractivity contribution in [2.45, 2.75) is 13.3 Å². The Bertz CT molecular complexity index is 716. The number of nitrogens with zero attached hydrogens (tertiary/aromatic N) is 1. The van der Waals surface area contributed by atoms with E-state index >= 15 is 0 Å². The molecule has 110 valence electrons. The van der Waals surface area contributed by atoms with Crippen LogP contribution in [0.15, 0.2) is 16.6 Å². The lowest BCUT2D eigenvalue weighted by molar-refractivity contribution is 0.0526. The molecule has 0 aliphatic carbocycles. The molecular weight excluding hydrogens is 361 g/mol. The minimum atomic E-state index is -0.431. The maximum Gasteiger partial charge on any atom is 0.367 e. The molecule has 0 N–H and O–H groups in total. The third-order valence-electron chi connectivity index (χ3n) is 3.01. The zero-order valence-corrected chi connectivity index (χ0v) is 13.5. The van der Waals surface area contributed by atoms with Crippen LogP contribution >= 0.6 is 27.3 Å². The van der Waals surface area contributed by atoms with E-state index in [-0.39, 0.29) is 0 Å². The molecule has 1 aromatic carbocycles. The highest BCUT2D eigenvalue weighted by molar-refractivity contribution is 9.10. The van der Waals surface area contributed by atoms with Crippen LogP contribution in [0.25, 0.3) is 11.3 Å². The molecule has 0 saturated heterocycles. The van der Waals surface area contributed by atoms with E-state index in [2.05, 4.69) is 20.9 Å². The predicted molar refractivity (Wildman–Crippen MR) is 80.4 cm³/mol. The summed E-state index contributed by atoms with van der Waals surface area (Å²) in [7, 11) is 0. The number of aromatic nitrogens is 1. The lowest BCUT2D eigenvalue weighted by atomic mass is 10.1. The Morgan fingerprint density at radius 3 is 3.14 bits per heavy atom. The van der Waals surface area contributed by atoms with E-state index in [1.807, 2.05) is 0 Å². The number of ether oxygens (including phenoxy) is 2. The first-order valence-corrected chi connectivity index (χ1v) is 8.00. The molecule has 4 nitrogen and oxygen atoms in total. The van der Waals surface area contributed by atoms with Gasteiger partial charge in [0.25, 0.3) is 0 Å². The van der Waals surface area contributed by atoms with Gasteiger partial charge in [0.2, 0.25) is 5.01 Å². The van der Waals surface area contributed by atoms with Crippen molar-refractivity contribution in [3.05, 3.63) is 32.3 Å². The van der Waals surface area contributed by atoms with E-state index < -0.39 is 11.8 Å². The molecule has 0 fully saturated rings. The molecule has 0 bridgehead atoms. The van der Waals surface area contributed by atoms with Gasteiger partial charge in [0.05, 0.1) is 23.4 Å². The first-order chi connectivity index (χ1) is 10.1. The number of carbonyl (C=O) groups is 1. The number of carbonyl (C=O) groups excluding carboxylic acids is 1. The van der Waals surface area contributed by atoms with Crippen molar-refractivity contribution in [3.63, 3.8) is 0 Å². The van der Waals surface area contributed by atoms with Crippen molar-refractivity contribution in [2.75, 3.05) is 13.2 Å². The minimum absolute atomic E-state index is 0.305. The van der Waals surface area contributed by atoms with Crippen molar-refractivity contribution in [3.8, 4) is 17.0 Å². The van der Waals surface area contributed by atoms with Crippen molar-refractivity contribution >= 4 is 33.2 Å². The molecule has 2 heterocycles. The number of thiazole rings is 1. The molecular formula is C14H11BrFNO3S. The van der Waals surface area contributed by atoms with Gasteiger partial charge in [0.15, 0.2) is 0 Å². The van der Waals surface area contributed by atoms with E-state index in [0.29, 0.717) is 46.1 Å². The second-order valence-electron chi connectivity index (χ2n) is 4.37. The first-order valence-electron chi connectivity index (χ1n) is 6.39. The van der Waals surface area contributed by atoms with Gasteiger partial charge >= 0.3 is 5.97 Å². The lowest BCUT2D eigenvalue weighted by Crippen LogP contribution is -2.04. The standard InChI is InChI=1S/C14H11BrFNO3S/c1-2-19-14(18)13-17-12-7-5-8(15)9(16)6-10(7)20-4-3-11(12)21-13/h5-6H,2-4H2,1H3. The van der Waals surface area contributed by atoms with Crippen molar-refractivity contribution in [1.82, 2.24) is 4.98 Å². The number of rotatable bonds is 2. The molecule has 7 heteroatoms. The lowest BCUT2D eigenvalue weighted by Gasteiger charge is -2.07. The third-order valence-corrected chi connectivity index (χ3v) is 4.71. The summed E-state index contributed by atoms with van der Waals surface area (Å²) in [5.41, 5.74) is 1.35. The Kier molecular flexibility index (Phi) is 3.95. The highest BCUT2D eigenvalue weighted by Gasteiger charge is 2.24. The molecule has 1 aliphatic rings. The molecule has 0 radical (unpaired) electrons. The number of benzene rings is 1. The van der Waals surface area contributed by atoms with Crippen LogP contribution in [0.2, 0.25) is 0 Å². The maximum atomic E-state index is 13.6. The Balaban J connectivity index is 2.11. The monoisotopic (exact) mass is 371 g/mol. The predicted octanol–water partition coefficient (Wildman–Crippen LogP) is 3.82. The van der Waals surface area contributed by atoms with E-state index in [0.717, 1.165) is 4.88 Å². The maximum absolute atomic E-state index is 13.6.